The van der Waals surface area contributed by atoms with Crippen molar-refractivity contribution in [3.05, 3.63) is 254 Å². The van der Waals surface area contributed by atoms with E-state index in [1.807, 2.05) is 24.5 Å². The molecule has 1 aliphatic rings. The van der Waals surface area contributed by atoms with Gasteiger partial charge in [0.25, 0.3) is 0 Å². The van der Waals surface area contributed by atoms with Crippen molar-refractivity contribution >= 4 is 22.8 Å². The van der Waals surface area contributed by atoms with E-state index in [-0.39, 0.29) is 11.8 Å². The Hall–Kier alpha value is -7.82. The summed E-state index contributed by atoms with van der Waals surface area (Å²) in [5, 5.41) is 0. The first-order valence-corrected chi connectivity index (χ1v) is 22.3. The largest absolute Gasteiger partial charge is 0.254 e. The molecule has 0 radical (unpaired) electrons. The number of hydrogen-bond acceptors (Lipinski definition) is 4. The highest BCUT2D eigenvalue weighted by atomic mass is 14.8. The zero-order chi connectivity index (χ0) is 42.9. The van der Waals surface area contributed by atoms with E-state index in [0.717, 1.165) is 75.7 Å². The van der Waals surface area contributed by atoms with Crippen LogP contribution in [0.5, 0.6) is 0 Å². The van der Waals surface area contributed by atoms with Crippen molar-refractivity contribution in [2.24, 2.45) is 21.8 Å². The molecule has 1 aliphatic carbocycles. The van der Waals surface area contributed by atoms with E-state index < -0.39 is 0 Å². The lowest BCUT2D eigenvalue weighted by Crippen LogP contribution is -2.32. The molecule has 0 spiro atoms. The molecule has 0 saturated heterocycles. The van der Waals surface area contributed by atoms with E-state index in [1.165, 1.54) is 27.8 Å². The average molecular weight is 825 g/mol. The van der Waals surface area contributed by atoms with Gasteiger partial charge in [-0.1, -0.05) is 188 Å². The van der Waals surface area contributed by atoms with Gasteiger partial charge in [0, 0.05) is 23.0 Å². The third kappa shape index (κ3) is 9.33. The summed E-state index contributed by atoms with van der Waals surface area (Å²) in [5.41, 5.74) is 16.2. The molecule has 7 aromatic carbocycles. The van der Waals surface area contributed by atoms with Crippen LogP contribution in [0, 0.1) is 11.8 Å². The first kappa shape index (κ1) is 40.3. The molecule has 0 aliphatic heterocycles. The second-order valence-corrected chi connectivity index (χ2v) is 16.6. The van der Waals surface area contributed by atoms with Crippen LogP contribution in [0.4, 0.5) is 11.4 Å². The molecule has 4 nitrogen and oxygen atoms in total. The molecule has 1 fully saturated rings. The minimum atomic E-state index is 0.153. The van der Waals surface area contributed by atoms with Crippen molar-refractivity contribution < 1.29 is 0 Å². The number of benzene rings is 7. The second kappa shape index (κ2) is 19.1. The van der Waals surface area contributed by atoms with Crippen molar-refractivity contribution in [2.75, 3.05) is 0 Å². The maximum absolute atomic E-state index is 5.50. The summed E-state index contributed by atoms with van der Waals surface area (Å²) in [6.45, 7) is 0. The van der Waals surface area contributed by atoms with Gasteiger partial charge in [-0.25, -0.2) is 0 Å². The van der Waals surface area contributed by atoms with Crippen LogP contribution in [0.2, 0.25) is 0 Å². The van der Waals surface area contributed by atoms with Gasteiger partial charge in [0.1, 0.15) is 0 Å². The number of aliphatic imine (C=N–C) groups is 2. The van der Waals surface area contributed by atoms with Crippen LogP contribution in [-0.2, 0) is 0 Å². The lowest BCUT2D eigenvalue weighted by molar-refractivity contribution is 0.343. The van der Waals surface area contributed by atoms with E-state index in [0.29, 0.717) is 5.92 Å². The number of hydrogen-bond donors (Lipinski definition) is 0. The Morgan fingerprint density at radius 3 is 1.12 bits per heavy atom. The predicted molar refractivity (Wildman–Crippen MR) is 266 cm³/mol. The molecule has 2 unspecified atom stereocenters. The zero-order valence-electron chi connectivity index (χ0n) is 35.7. The van der Waals surface area contributed by atoms with Crippen molar-refractivity contribution in [1.82, 2.24) is 9.97 Å². The molecule has 0 amide bonds. The van der Waals surface area contributed by atoms with Gasteiger partial charge >= 0.3 is 0 Å². The van der Waals surface area contributed by atoms with Crippen LogP contribution in [-0.4, -0.2) is 21.4 Å². The Labute approximate surface area is 376 Å². The van der Waals surface area contributed by atoms with Gasteiger partial charge in [-0.05, 0) is 101 Å². The molecule has 10 rings (SSSR count). The Morgan fingerprint density at radius 2 is 0.719 bits per heavy atom. The van der Waals surface area contributed by atoms with E-state index in [1.54, 1.807) is 0 Å². The standard InChI is InChI=1S/C60H48N4/c1-6-18-43(19-7-1)48-28-16-30-50(36-48)57-34-32-55(41-61-57)63-59(46-24-12-4-13-25-46)53-38-52(45-22-10-3-11-23-45)39-54(40-53)60(47-26-14-5-15-27-47)64-56-33-35-58(62-42-56)51-31-17-29-49(37-51)44-20-8-2-9-21-44/h1-37,41-42,52-54H,38-40H2. The second-order valence-electron chi connectivity index (χ2n) is 16.6. The van der Waals surface area contributed by atoms with Gasteiger partial charge in [0.15, 0.2) is 0 Å². The summed E-state index contributed by atoms with van der Waals surface area (Å²) in [6, 6.07) is 79.0. The smallest absolute Gasteiger partial charge is 0.0817 e. The van der Waals surface area contributed by atoms with Crippen molar-refractivity contribution in [3.63, 3.8) is 0 Å². The van der Waals surface area contributed by atoms with Gasteiger partial charge in [-0.15, -0.1) is 0 Å². The average Bonchev–Trinajstić information content (AvgIpc) is 3.39. The summed E-state index contributed by atoms with van der Waals surface area (Å²) < 4.78 is 0. The summed E-state index contributed by atoms with van der Waals surface area (Å²) in [4.78, 5) is 21.0. The molecular formula is C60H48N4. The number of nitrogens with zero attached hydrogens (tertiary/aromatic N) is 4. The molecule has 1 saturated carbocycles. The van der Waals surface area contributed by atoms with Crippen LogP contribution >= 0.6 is 0 Å². The lowest BCUT2D eigenvalue weighted by atomic mass is 9.68. The third-order valence-corrected chi connectivity index (χ3v) is 12.4. The Bertz CT molecular complexity index is 2800. The minimum absolute atomic E-state index is 0.153. The molecule has 2 aromatic heterocycles. The molecule has 4 heteroatoms. The summed E-state index contributed by atoms with van der Waals surface area (Å²) in [5.74, 6) is 0.613. The minimum Gasteiger partial charge on any atom is -0.254 e. The molecule has 308 valence electrons. The van der Waals surface area contributed by atoms with Crippen LogP contribution in [0.15, 0.2) is 247 Å². The Morgan fingerprint density at radius 1 is 0.344 bits per heavy atom. The van der Waals surface area contributed by atoms with Gasteiger partial charge in [-0.3, -0.25) is 20.0 Å². The quantitative estimate of drug-likeness (QED) is 0.122. The van der Waals surface area contributed by atoms with Crippen LogP contribution in [0.25, 0.3) is 44.8 Å². The van der Waals surface area contributed by atoms with Crippen LogP contribution in [0.3, 0.4) is 0 Å². The molecule has 2 heterocycles. The van der Waals surface area contributed by atoms with E-state index >= 15 is 0 Å². The monoisotopic (exact) mass is 824 g/mol. The van der Waals surface area contributed by atoms with Crippen molar-refractivity contribution in [2.45, 2.75) is 25.2 Å². The number of pyridine rings is 2. The molecule has 64 heavy (non-hydrogen) atoms. The lowest BCUT2D eigenvalue weighted by Gasteiger charge is -2.37. The Kier molecular flexibility index (Phi) is 12.0. The summed E-state index contributed by atoms with van der Waals surface area (Å²) >= 11 is 0. The Balaban J connectivity index is 1.00. The number of rotatable bonds is 11. The number of aromatic nitrogens is 2. The zero-order valence-corrected chi connectivity index (χ0v) is 35.7. The van der Waals surface area contributed by atoms with Crippen molar-refractivity contribution in [1.29, 1.82) is 0 Å². The summed E-state index contributed by atoms with van der Waals surface area (Å²) in [7, 11) is 0. The van der Waals surface area contributed by atoms with Crippen LogP contribution < -0.4 is 0 Å². The first-order valence-electron chi connectivity index (χ1n) is 22.3. The van der Waals surface area contributed by atoms with Gasteiger partial charge in [0.2, 0.25) is 0 Å². The highest BCUT2D eigenvalue weighted by molar-refractivity contribution is 6.06. The molecular weight excluding hydrogens is 777 g/mol. The maximum atomic E-state index is 5.50. The molecule has 0 N–H and O–H groups in total. The third-order valence-electron chi connectivity index (χ3n) is 12.4. The predicted octanol–water partition coefficient (Wildman–Crippen LogP) is 15.3. The van der Waals surface area contributed by atoms with E-state index in [2.05, 4.69) is 212 Å². The fraction of sp³-hybridized carbons (Fsp3) is 0.100. The maximum Gasteiger partial charge on any atom is 0.0817 e. The highest BCUT2D eigenvalue weighted by Gasteiger charge is 2.36. The summed E-state index contributed by atoms with van der Waals surface area (Å²) in [6.07, 6.45) is 6.71. The van der Waals surface area contributed by atoms with Gasteiger partial charge < -0.3 is 0 Å². The first-order chi connectivity index (χ1) is 31.7. The van der Waals surface area contributed by atoms with Gasteiger partial charge in [0.05, 0.1) is 46.6 Å². The topological polar surface area (TPSA) is 50.5 Å². The van der Waals surface area contributed by atoms with E-state index in [9.17, 15) is 0 Å². The van der Waals surface area contributed by atoms with Gasteiger partial charge in [-0.2, -0.15) is 0 Å². The van der Waals surface area contributed by atoms with E-state index in [4.69, 9.17) is 20.0 Å². The van der Waals surface area contributed by atoms with Crippen LogP contribution in [0.1, 0.15) is 41.9 Å². The molecule has 9 aromatic rings. The van der Waals surface area contributed by atoms with Crippen molar-refractivity contribution in [3.8, 4) is 44.8 Å². The fourth-order valence-electron chi connectivity index (χ4n) is 9.27. The molecule has 0 bridgehead atoms. The normalized spacial score (nSPS) is 16.6. The SMILES string of the molecule is c1ccc(C(=Nc2ccc(-c3cccc(-c4ccccc4)c3)nc2)C2CC(C(=Nc3ccc(-c4cccc(-c5ccccc5)c4)nc3)c3ccccc3)CC(c3ccccc3)C2)cc1. The highest BCUT2D eigenvalue weighted by Crippen LogP contribution is 2.44. The fourth-order valence-corrected chi connectivity index (χ4v) is 9.27. The molecule has 2 atom stereocenters.